The summed E-state index contributed by atoms with van der Waals surface area (Å²) in [6.07, 6.45) is -0.533. The average Bonchev–Trinajstić information content (AvgIpc) is 2.48. The quantitative estimate of drug-likeness (QED) is 0.859. The summed E-state index contributed by atoms with van der Waals surface area (Å²) in [5.41, 5.74) is 1.80. The SMILES string of the molecule is CC(CC(O)c1ccccc1)C(O)c1ccccc1. The van der Waals surface area contributed by atoms with Gasteiger partial charge in [0.1, 0.15) is 0 Å². The van der Waals surface area contributed by atoms with Crippen molar-refractivity contribution < 1.29 is 10.2 Å². The Morgan fingerprint density at radius 1 is 0.789 bits per heavy atom. The monoisotopic (exact) mass is 256 g/mol. The van der Waals surface area contributed by atoms with E-state index in [2.05, 4.69) is 0 Å². The van der Waals surface area contributed by atoms with Crippen LogP contribution in [0, 0.1) is 5.92 Å². The number of rotatable bonds is 5. The standard InChI is InChI=1S/C17H20O2/c1-13(17(19)15-10-6-3-7-11-15)12-16(18)14-8-4-2-5-9-14/h2-11,13,16-19H,12H2,1H3. The van der Waals surface area contributed by atoms with Gasteiger partial charge in [0.15, 0.2) is 0 Å². The summed E-state index contributed by atoms with van der Waals surface area (Å²) >= 11 is 0. The molecule has 0 radical (unpaired) electrons. The maximum absolute atomic E-state index is 10.3. The molecule has 0 fully saturated rings. The molecule has 2 rings (SSSR count). The van der Waals surface area contributed by atoms with E-state index < -0.39 is 12.2 Å². The van der Waals surface area contributed by atoms with Gasteiger partial charge in [0, 0.05) is 0 Å². The van der Waals surface area contributed by atoms with Gasteiger partial charge in [0.05, 0.1) is 12.2 Å². The highest BCUT2D eigenvalue weighted by atomic mass is 16.3. The van der Waals surface area contributed by atoms with Crippen LogP contribution in [0.3, 0.4) is 0 Å². The molecule has 2 aromatic rings. The number of aliphatic hydroxyl groups is 2. The molecule has 2 heteroatoms. The summed E-state index contributed by atoms with van der Waals surface area (Å²) in [7, 11) is 0. The van der Waals surface area contributed by atoms with Crippen molar-refractivity contribution in [3.63, 3.8) is 0 Å². The zero-order chi connectivity index (χ0) is 13.7. The molecular weight excluding hydrogens is 236 g/mol. The molecule has 0 saturated heterocycles. The minimum atomic E-state index is -0.542. The highest BCUT2D eigenvalue weighted by Gasteiger charge is 2.20. The van der Waals surface area contributed by atoms with Crippen LogP contribution in [-0.2, 0) is 0 Å². The predicted octanol–water partition coefficient (Wildman–Crippen LogP) is 3.48. The Morgan fingerprint density at radius 3 is 1.79 bits per heavy atom. The van der Waals surface area contributed by atoms with Crippen molar-refractivity contribution in [2.24, 2.45) is 5.92 Å². The van der Waals surface area contributed by atoms with E-state index >= 15 is 0 Å². The highest BCUT2D eigenvalue weighted by Crippen LogP contribution is 2.29. The van der Waals surface area contributed by atoms with E-state index in [1.54, 1.807) is 0 Å². The van der Waals surface area contributed by atoms with E-state index in [-0.39, 0.29) is 5.92 Å². The Balaban J connectivity index is 1.99. The summed E-state index contributed by atoms with van der Waals surface area (Å²) in [5.74, 6) is -0.00222. The topological polar surface area (TPSA) is 40.5 Å². The zero-order valence-corrected chi connectivity index (χ0v) is 11.1. The number of hydrogen-bond donors (Lipinski definition) is 2. The van der Waals surface area contributed by atoms with Crippen molar-refractivity contribution in [1.82, 2.24) is 0 Å². The predicted molar refractivity (Wildman–Crippen MR) is 76.6 cm³/mol. The molecule has 0 bridgehead atoms. The second-order valence-corrected chi connectivity index (χ2v) is 4.99. The van der Waals surface area contributed by atoms with Crippen LogP contribution in [0.15, 0.2) is 60.7 Å². The van der Waals surface area contributed by atoms with E-state index in [1.807, 2.05) is 67.6 Å². The molecule has 0 amide bonds. The fraction of sp³-hybridized carbons (Fsp3) is 0.294. The van der Waals surface area contributed by atoms with Crippen molar-refractivity contribution in [1.29, 1.82) is 0 Å². The second kappa shape index (κ2) is 6.50. The second-order valence-electron chi connectivity index (χ2n) is 4.99. The first-order chi connectivity index (χ1) is 9.18. The summed E-state index contributed by atoms with van der Waals surface area (Å²) in [4.78, 5) is 0. The molecule has 0 aliphatic heterocycles. The van der Waals surface area contributed by atoms with Gasteiger partial charge in [-0.3, -0.25) is 0 Å². The van der Waals surface area contributed by atoms with Crippen molar-refractivity contribution in [2.75, 3.05) is 0 Å². The van der Waals surface area contributed by atoms with Crippen molar-refractivity contribution in [3.05, 3.63) is 71.8 Å². The molecule has 0 heterocycles. The van der Waals surface area contributed by atoms with Crippen molar-refractivity contribution in [3.8, 4) is 0 Å². The first-order valence-electron chi connectivity index (χ1n) is 6.64. The smallest absolute Gasteiger partial charge is 0.0816 e. The summed E-state index contributed by atoms with van der Waals surface area (Å²) < 4.78 is 0. The van der Waals surface area contributed by atoms with Gasteiger partial charge in [-0.1, -0.05) is 67.6 Å². The van der Waals surface area contributed by atoms with E-state index in [0.717, 1.165) is 11.1 Å². The van der Waals surface area contributed by atoms with Gasteiger partial charge in [-0.05, 0) is 23.5 Å². The third kappa shape index (κ3) is 3.66. The third-order valence-corrected chi connectivity index (χ3v) is 3.46. The van der Waals surface area contributed by atoms with Gasteiger partial charge in [-0.15, -0.1) is 0 Å². The Labute approximate surface area is 114 Å². The Morgan fingerprint density at radius 2 is 1.26 bits per heavy atom. The molecule has 2 nitrogen and oxygen atoms in total. The van der Waals surface area contributed by atoms with Crippen LogP contribution < -0.4 is 0 Å². The molecule has 19 heavy (non-hydrogen) atoms. The average molecular weight is 256 g/mol. The molecule has 0 spiro atoms. The minimum absolute atomic E-state index is 0.00222. The summed E-state index contributed by atoms with van der Waals surface area (Å²) in [6.45, 7) is 1.96. The molecule has 0 aliphatic carbocycles. The molecule has 3 unspecified atom stereocenters. The highest BCUT2D eigenvalue weighted by molar-refractivity contribution is 5.19. The largest absolute Gasteiger partial charge is 0.388 e. The molecule has 0 aromatic heterocycles. The molecule has 3 atom stereocenters. The fourth-order valence-electron chi connectivity index (χ4n) is 2.27. The van der Waals surface area contributed by atoms with E-state index in [4.69, 9.17) is 0 Å². The molecule has 2 aromatic carbocycles. The molecule has 0 saturated carbocycles. The summed E-state index contributed by atoms with van der Waals surface area (Å²) in [6, 6.07) is 19.2. The van der Waals surface area contributed by atoms with Crippen LogP contribution >= 0.6 is 0 Å². The first kappa shape index (κ1) is 13.8. The Bertz CT molecular complexity index is 481. The lowest BCUT2D eigenvalue weighted by molar-refractivity contribution is 0.0688. The van der Waals surface area contributed by atoms with E-state index in [9.17, 15) is 10.2 Å². The van der Waals surface area contributed by atoms with Crippen LogP contribution in [0.4, 0.5) is 0 Å². The normalized spacial score (nSPS) is 15.7. The lowest BCUT2D eigenvalue weighted by Crippen LogP contribution is -2.13. The van der Waals surface area contributed by atoms with Gasteiger partial charge in [-0.25, -0.2) is 0 Å². The van der Waals surface area contributed by atoms with Gasteiger partial charge in [-0.2, -0.15) is 0 Å². The van der Waals surface area contributed by atoms with Crippen LogP contribution in [0.5, 0.6) is 0 Å². The van der Waals surface area contributed by atoms with Gasteiger partial charge < -0.3 is 10.2 Å². The van der Waals surface area contributed by atoms with Crippen LogP contribution in [0.2, 0.25) is 0 Å². The Hall–Kier alpha value is -1.64. The minimum Gasteiger partial charge on any atom is -0.388 e. The first-order valence-corrected chi connectivity index (χ1v) is 6.64. The van der Waals surface area contributed by atoms with Gasteiger partial charge in [0.25, 0.3) is 0 Å². The van der Waals surface area contributed by atoms with Crippen molar-refractivity contribution >= 4 is 0 Å². The van der Waals surface area contributed by atoms with E-state index in [0.29, 0.717) is 6.42 Å². The van der Waals surface area contributed by atoms with Crippen LogP contribution in [0.1, 0.15) is 36.7 Å². The number of aliphatic hydroxyl groups excluding tert-OH is 2. The molecular formula is C17H20O2. The fourth-order valence-corrected chi connectivity index (χ4v) is 2.27. The van der Waals surface area contributed by atoms with E-state index in [1.165, 1.54) is 0 Å². The zero-order valence-electron chi connectivity index (χ0n) is 11.1. The lowest BCUT2D eigenvalue weighted by atomic mass is 9.90. The number of benzene rings is 2. The van der Waals surface area contributed by atoms with Crippen LogP contribution in [0.25, 0.3) is 0 Å². The molecule has 0 aliphatic rings. The molecule has 100 valence electrons. The number of hydrogen-bond acceptors (Lipinski definition) is 2. The van der Waals surface area contributed by atoms with Crippen molar-refractivity contribution in [2.45, 2.75) is 25.6 Å². The maximum atomic E-state index is 10.3. The molecule has 2 N–H and O–H groups in total. The lowest BCUT2D eigenvalue weighted by Gasteiger charge is -2.22. The third-order valence-electron chi connectivity index (χ3n) is 3.46. The Kier molecular flexibility index (Phi) is 4.72. The van der Waals surface area contributed by atoms with Gasteiger partial charge >= 0.3 is 0 Å². The van der Waals surface area contributed by atoms with Gasteiger partial charge in [0.2, 0.25) is 0 Å². The summed E-state index contributed by atoms with van der Waals surface area (Å²) in [5, 5.41) is 20.4. The van der Waals surface area contributed by atoms with Crippen LogP contribution in [-0.4, -0.2) is 10.2 Å². The maximum Gasteiger partial charge on any atom is 0.0816 e.